The molecule has 0 radical (unpaired) electrons. The van der Waals surface area contributed by atoms with Crippen molar-refractivity contribution in [2.24, 2.45) is 5.92 Å². The number of carbonyl (C=O) groups is 4. The van der Waals surface area contributed by atoms with Crippen LogP contribution in [-0.2, 0) is 25.5 Å². The first-order valence-electron chi connectivity index (χ1n) is 15.1. The number of ether oxygens (including phenoxy) is 2. The molecule has 0 aliphatic carbocycles. The third kappa shape index (κ3) is 6.78. The number of likely N-dealkylation sites (N-methyl/N-ethyl adjacent to an activating group) is 1. The maximum Gasteiger partial charge on any atom is 0.344 e. The average molecular weight is 593 g/mol. The zero-order chi connectivity index (χ0) is 31.3. The number of carbonyl (C=O) groups excluding carboxylic acids is 4. The smallest absolute Gasteiger partial charge is 0.344 e. The molecule has 2 aliphatic heterocycles. The molecular formula is C33H44N4O6. The molecule has 10 heteroatoms. The number of nitrogens with zero attached hydrogens (tertiary/aromatic N) is 3. The molecule has 2 heterocycles. The minimum absolute atomic E-state index is 0.0298. The monoisotopic (exact) mass is 592 g/mol. The van der Waals surface area contributed by atoms with Crippen molar-refractivity contribution in [1.82, 2.24) is 15.1 Å². The fraction of sp³-hybridized carbons (Fsp3) is 0.515. The van der Waals surface area contributed by atoms with Gasteiger partial charge in [0, 0.05) is 31.4 Å². The van der Waals surface area contributed by atoms with Crippen LogP contribution >= 0.6 is 0 Å². The predicted octanol–water partition coefficient (Wildman–Crippen LogP) is 3.55. The molecule has 2 saturated heterocycles. The number of rotatable bonds is 10. The SMILES string of the molecule is CCOC(=O)COc1ccc(N2CN(C)C(=O)C23CCN(C(=O)C(NC(=O)c2cc(CC)ccc2C)C(C)C)CC3)cc1. The number of anilines is 1. The molecule has 0 aromatic heterocycles. The molecule has 232 valence electrons. The first-order chi connectivity index (χ1) is 20.5. The zero-order valence-corrected chi connectivity index (χ0v) is 26.1. The van der Waals surface area contributed by atoms with Gasteiger partial charge in [-0.3, -0.25) is 14.4 Å². The number of piperidine rings is 1. The van der Waals surface area contributed by atoms with E-state index in [0.717, 1.165) is 23.2 Å². The molecule has 0 bridgehead atoms. The van der Waals surface area contributed by atoms with E-state index in [0.29, 0.717) is 50.5 Å². The molecule has 1 unspecified atom stereocenters. The number of esters is 1. The summed E-state index contributed by atoms with van der Waals surface area (Å²) in [7, 11) is 1.79. The van der Waals surface area contributed by atoms with Gasteiger partial charge in [0.05, 0.1) is 13.3 Å². The quantitative estimate of drug-likeness (QED) is 0.421. The van der Waals surface area contributed by atoms with E-state index in [2.05, 4.69) is 10.2 Å². The topological polar surface area (TPSA) is 108 Å². The highest BCUT2D eigenvalue weighted by molar-refractivity contribution is 5.99. The van der Waals surface area contributed by atoms with Gasteiger partial charge >= 0.3 is 5.97 Å². The van der Waals surface area contributed by atoms with Gasteiger partial charge in [0.2, 0.25) is 11.8 Å². The first kappa shape index (κ1) is 31.8. The van der Waals surface area contributed by atoms with Crippen LogP contribution < -0.4 is 15.0 Å². The lowest BCUT2D eigenvalue weighted by Gasteiger charge is -2.44. The second-order valence-corrected chi connectivity index (χ2v) is 11.7. The number of aryl methyl sites for hydroxylation is 2. The van der Waals surface area contributed by atoms with Gasteiger partial charge in [-0.2, -0.15) is 0 Å². The molecule has 3 amide bonds. The molecule has 2 fully saturated rings. The molecule has 0 saturated carbocycles. The van der Waals surface area contributed by atoms with E-state index in [-0.39, 0.29) is 30.2 Å². The maximum atomic E-state index is 13.8. The Morgan fingerprint density at radius 2 is 1.70 bits per heavy atom. The summed E-state index contributed by atoms with van der Waals surface area (Å²) in [6.45, 7) is 10.9. The average Bonchev–Trinajstić information content (AvgIpc) is 3.24. The fourth-order valence-corrected chi connectivity index (χ4v) is 5.92. The Labute approximate surface area is 254 Å². The Kier molecular flexibility index (Phi) is 9.98. The van der Waals surface area contributed by atoms with Gasteiger partial charge in [0.15, 0.2) is 6.61 Å². The van der Waals surface area contributed by atoms with Crippen LogP contribution in [-0.4, -0.2) is 85.1 Å². The molecule has 1 N–H and O–H groups in total. The van der Waals surface area contributed by atoms with E-state index >= 15 is 0 Å². The van der Waals surface area contributed by atoms with Crippen molar-refractivity contribution in [2.75, 3.05) is 44.9 Å². The van der Waals surface area contributed by atoms with Crippen molar-refractivity contribution < 1.29 is 28.7 Å². The third-order valence-corrected chi connectivity index (χ3v) is 8.50. The van der Waals surface area contributed by atoms with Crippen molar-refractivity contribution in [3.05, 3.63) is 59.2 Å². The molecule has 2 aromatic carbocycles. The Bertz CT molecular complexity index is 1330. The zero-order valence-electron chi connectivity index (χ0n) is 26.1. The number of hydrogen-bond donors (Lipinski definition) is 1. The summed E-state index contributed by atoms with van der Waals surface area (Å²) in [5.74, 6) is -0.357. The number of benzene rings is 2. The van der Waals surface area contributed by atoms with Gasteiger partial charge in [-0.25, -0.2) is 4.79 Å². The Balaban J connectivity index is 1.45. The van der Waals surface area contributed by atoms with E-state index in [1.54, 1.807) is 35.9 Å². The number of likely N-dealkylation sites (tertiary alicyclic amines) is 1. The lowest BCUT2D eigenvalue weighted by atomic mass is 9.85. The second kappa shape index (κ2) is 13.5. The highest BCUT2D eigenvalue weighted by Gasteiger charge is 2.53. The van der Waals surface area contributed by atoms with Crippen molar-refractivity contribution in [2.45, 2.75) is 65.5 Å². The summed E-state index contributed by atoms with van der Waals surface area (Å²) < 4.78 is 10.4. The Morgan fingerprint density at radius 1 is 1.02 bits per heavy atom. The molecular weight excluding hydrogens is 548 g/mol. The van der Waals surface area contributed by atoms with Gasteiger partial charge in [-0.05, 0) is 80.5 Å². The number of amides is 3. The lowest BCUT2D eigenvalue weighted by Crippen LogP contribution is -2.60. The summed E-state index contributed by atoms with van der Waals surface area (Å²) in [5, 5.41) is 3.01. The highest BCUT2D eigenvalue weighted by atomic mass is 16.6. The highest BCUT2D eigenvalue weighted by Crippen LogP contribution is 2.39. The van der Waals surface area contributed by atoms with Crippen molar-refractivity contribution >= 4 is 29.4 Å². The van der Waals surface area contributed by atoms with Crippen molar-refractivity contribution in [3.63, 3.8) is 0 Å². The number of hydrogen-bond acceptors (Lipinski definition) is 7. The van der Waals surface area contributed by atoms with E-state index in [1.807, 2.05) is 58.0 Å². The minimum atomic E-state index is -0.771. The van der Waals surface area contributed by atoms with Crippen molar-refractivity contribution in [3.8, 4) is 5.75 Å². The van der Waals surface area contributed by atoms with E-state index in [1.165, 1.54) is 0 Å². The summed E-state index contributed by atoms with van der Waals surface area (Å²) in [5.41, 5.74) is 2.61. The predicted molar refractivity (Wildman–Crippen MR) is 164 cm³/mol. The van der Waals surface area contributed by atoms with E-state index < -0.39 is 17.6 Å². The first-order valence-corrected chi connectivity index (χ1v) is 15.1. The van der Waals surface area contributed by atoms with Crippen LogP contribution in [0.15, 0.2) is 42.5 Å². The third-order valence-electron chi connectivity index (χ3n) is 8.50. The molecule has 1 spiro atoms. The van der Waals surface area contributed by atoms with Gasteiger partial charge < -0.3 is 29.5 Å². The normalized spacial score (nSPS) is 16.9. The second-order valence-electron chi connectivity index (χ2n) is 11.7. The van der Waals surface area contributed by atoms with E-state index in [4.69, 9.17) is 9.47 Å². The molecule has 4 rings (SSSR count). The van der Waals surface area contributed by atoms with Crippen molar-refractivity contribution in [1.29, 1.82) is 0 Å². The van der Waals surface area contributed by atoms with Crippen LogP contribution in [0.5, 0.6) is 5.75 Å². The molecule has 2 aliphatic rings. The summed E-state index contributed by atoms with van der Waals surface area (Å²) in [6.07, 6.45) is 1.76. The molecule has 2 aromatic rings. The molecule has 1 atom stereocenters. The maximum absolute atomic E-state index is 13.8. The van der Waals surface area contributed by atoms with Crippen LogP contribution in [0.3, 0.4) is 0 Å². The molecule has 10 nitrogen and oxygen atoms in total. The van der Waals surface area contributed by atoms with Crippen LogP contribution in [0.2, 0.25) is 0 Å². The largest absolute Gasteiger partial charge is 0.482 e. The lowest BCUT2D eigenvalue weighted by molar-refractivity contribution is -0.145. The standard InChI is InChI=1S/C33H44N4O6/c1-7-24-10-9-23(5)27(19-24)30(39)34-29(22(3)4)31(40)36-17-15-33(16-18-36)32(41)35(6)21-37(33)25-11-13-26(14-12-25)43-20-28(38)42-8-2/h9-14,19,22,29H,7-8,15-18,20-21H2,1-6H3,(H,34,39). The Hall–Kier alpha value is -4.08. The van der Waals surface area contributed by atoms with Crippen LogP contribution in [0.25, 0.3) is 0 Å². The van der Waals surface area contributed by atoms with Crippen LogP contribution in [0.1, 0.15) is 62.0 Å². The van der Waals surface area contributed by atoms with Crippen LogP contribution in [0, 0.1) is 12.8 Å². The number of nitrogens with one attached hydrogen (secondary N) is 1. The molecule has 43 heavy (non-hydrogen) atoms. The van der Waals surface area contributed by atoms with Gasteiger partial charge in [-0.15, -0.1) is 0 Å². The van der Waals surface area contributed by atoms with Gasteiger partial charge in [0.25, 0.3) is 5.91 Å². The minimum Gasteiger partial charge on any atom is -0.482 e. The van der Waals surface area contributed by atoms with Gasteiger partial charge in [-0.1, -0.05) is 32.9 Å². The summed E-state index contributed by atoms with van der Waals surface area (Å²) in [4.78, 5) is 57.8. The summed E-state index contributed by atoms with van der Waals surface area (Å²) >= 11 is 0. The van der Waals surface area contributed by atoms with E-state index in [9.17, 15) is 19.2 Å². The summed E-state index contributed by atoms with van der Waals surface area (Å²) in [6, 6.07) is 12.5. The fourth-order valence-electron chi connectivity index (χ4n) is 5.92. The van der Waals surface area contributed by atoms with Gasteiger partial charge in [0.1, 0.15) is 17.3 Å². The van der Waals surface area contributed by atoms with Crippen LogP contribution in [0.4, 0.5) is 5.69 Å². The Morgan fingerprint density at radius 3 is 2.30 bits per heavy atom.